The Morgan fingerprint density at radius 2 is 1.94 bits per heavy atom. The zero-order valence-electron chi connectivity index (χ0n) is 10.7. The second-order valence-corrected chi connectivity index (χ2v) is 4.47. The summed E-state index contributed by atoms with van der Waals surface area (Å²) in [5, 5.41) is 9.42. The Hall–Kier alpha value is -1.51. The van der Waals surface area contributed by atoms with E-state index in [1.165, 1.54) is 0 Å². The van der Waals surface area contributed by atoms with Crippen LogP contribution in [0.25, 0.3) is 0 Å². The number of nitrogens with two attached hydrogens (primary N) is 1. The van der Waals surface area contributed by atoms with Crippen LogP contribution in [0.4, 0.5) is 5.69 Å². The van der Waals surface area contributed by atoms with Gasteiger partial charge in [-0.25, -0.2) is 0 Å². The van der Waals surface area contributed by atoms with E-state index in [4.69, 9.17) is 5.73 Å². The maximum absolute atomic E-state index is 11.5. The lowest BCUT2D eigenvalue weighted by Gasteiger charge is -2.23. The van der Waals surface area contributed by atoms with Crippen LogP contribution < -0.4 is 5.73 Å². The molecule has 3 nitrogen and oxygen atoms in total. The molecule has 0 aliphatic carbocycles. The number of carboxylic acids is 1. The average molecular weight is 235 g/mol. The third-order valence-corrected chi connectivity index (χ3v) is 3.48. The van der Waals surface area contributed by atoms with Gasteiger partial charge < -0.3 is 10.8 Å². The van der Waals surface area contributed by atoms with E-state index in [0.717, 1.165) is 24.0 Å². The molecule has 3 heteroatoms. The van der Waals surface area contributed by atoms with Gasteiger partial charge in [0.15, 0.2) is 0 Å². The van der Waals surface area contributed by atoms with Crippen molar-refractivity contribution < 1.29 is 9.90 Å². The Bertz CT molecular complexity index is 397. The fraction of sp³-hybridized carbons (Fsp3) is 0.500. The maximum atomic E-state index is 11.5. The molecule has 0 saturated heterocycles. The highest BCUT2D eigenvalue weighted by molar-refractivity contribution is 5.79. The molecule has 0 spiro atoms. The lowest BCUT2D eigenvalue weighted by Crippen LogP contribution is -2.22. The Morgan fingerprint density at radius 1 is 1.35 bits per heavy atom. The number of carbonyl (C=O) groups is 1. The van der Waals surface area contributed by atoms with Gasteiger partial charge in [0.25, 0.3) is 0 Å². The molecule has 1 atom stereocenters. The van der Waals surface area contributed by atoms with Gasteiger partial charge in [-0.05, 0) is 24.0 Å². The van der Waals surface area contributed by atoms with Gasteiger partial charge in [-0.3, -0.25) is 4.79 Å². The fourth-order valence-corrected chi connectivity index (χ4v) is 2.32. The number of para-hydroxylation sites is 1. The Labute approximate surface area is 103 Å². The third-order valence-electron chi connectivity index (χ3n) is 3.48. The van der Waals surface area contributed by atoms with E-state index in [1.54, 1.807) is 0 Å². The van der Waals surface area contributed by atoms with Gasteiger partial charge in [0.1, 0.15) is 0 Å². The van der Waals surface area contributed by atoms with Gasteiger partial charge in [0.2, 0.25) is 0 Å². The fourth-order valence-electron chi connectivity index (χ4n) is 2.32. The average Bonchev–Trinajstić information content (AvgIpc) is 2.30. The number of rotatable bonds is 5. The zero-order chi connectivity index (χ0) is 13.0. The summed E-state index contributed by atoms with van der Waals surface area (Å²) >= 11 is 0. The standard InChI is InChI=1S/C14H21NO2/c1-4-10(5-2)12(14(16)17)11-8-6-7-9(3)13(11)15/h6-8,10,12H,4-5,15H2,1-3H3,(H,16,17). The van der Waals surface area contributed by atoms with E-state index in [9.17, 15) is 9.90 Å². The summed E-state index contributed by atoms with van der Waals surface area (Å²) < 4.78 is 0. The summed E-state index contributed by atoms with van der Waals surface area (Å²) in [6, 6.07) is 5.61. The van der Waals surface area contributed by atoms with E-state index in [2.05, 4.69) is 0 Å². The Kier molecular flexibility index (Phi) is 4.55. The summed E-state index contributed by atoms with van der Waals surface area (Å²) in [4.78, 5) is 11.5. The van der Waals surface area contributed by atoms with Crippen molar-refractivity contribution in [3.63, 3.8) is 0 Å². The lowest BCUT2D eigenvalue weighted by molar-refractivity contribution is -0.140. The van der Waals surface area contributed by atoms with Crippen LogP contribution in [0.15, 0.2) is 18.2 Å². The summed E-state index contributed by atoms with van der Waals surface area (Å²) in [6.45, 7) is 5.96. The normalized spacial score (nSPS) is 12.7. The predicted octanol–water partition coefficient (Wildman–Crippen LogP) is 3.18. The van der Waals surface area contributed by atoms with E-state index in [1.807, 2.05) is 39.0 Å². The number of aryl methyl sites for hydroxylation is 1. The molecule has 1 unspecified atom stereocenters. The topological polar surface area (TPSA) is 63.3 Å². The van der Waals surface area contributed by atoms with Gasteiger partial charge >= 0.3 is 5.97 Å². The minimum atomic E-state index is -0.781. The third kappa shape index (κ3) is 2.78. The van der Waals surface area contributed by atoms with Crippen molar-refractivity contribution >= 4 is 11.7 Å². The van der Waals surface area contributed by atoms with Crippen LogP contribution in [0.1, 0.15) is 43.7 Å². The molecule has 0 aliphatic heterocycles. The number of nitrogen functional groups attached to an aromatic ring is 1. The first-order valence-electron chi connectivity index (χ1n) is 6.10. The van der Waals surface area contributed by atoms with Crippen LogP contribution in [-0.2, 0) is 4.79 Å². The number of carboxylic acid groups (broad SMARTS) is 1. The molecule has 0 aromatic heterocycles. The maximum Gasteiger partial charge on any atom is 0.311 e. The molecule has 3 N–H and O–H groups in total. The number of aliphatic carboxylic acids is 1. The largest absolute Gasteiger partial charge is 0.481 e. The van der Waals surface area contributed by atoms with Crippen molar-refractivity contribution in [3.05, 3.63) is 29.3 Å². The summed E-state index contributed by atoms with van der Waals surface area (Å²) in [6.07, 6.45) is 1.70. The molecular weight excluding hydrogens is 214 g/mol. The van der Waals surface area contributed by atoms with E-state index in [-0.39, 0.29) is 5.92 Å². The molecule has 1 aromatic carbocycles. The molecule has 1 aromatic rings. The van der Waals surface area contributed by atoms with Crippen molar-refractivity contribution in [3.8, 4) is 0 Å². The predicted molar refractivity (Wildman–Crippen MR) is 70.0 cm³/mol. The van der Waals surface area contributed by atoms with Gasteiger partial charge in [0, 0.05) is 5.69 Å². The molecule has 1 rings (SSSR count). The SMILES string of the molecule is CCC(CC)C(C(=O)O)c1cccc(C)c1N. The molecule has 17 heavy (non-hydrogen) atoms. The number of hydrogen-bond donors (Lipinski definition) is 2. The smallest absolute Gasteiger partial charge is 0.311 e. The Balaban J connectivity index is 3.23. The first kappa shape index (κ1) is 13.6. The molecule has 94 valence electrons. The van der Waals surface area contributed by atoms with Gasteiger partial charge in [-0.1, -0.05) is 44.9 Å². The van der Waals surface area contributed by atoms with Crippen LogP contribution in [0.2, 0.25) is 0 Å². The molecule has 0 radical (unpaired) electrons. The zero-order valence-corrected chi connectivity index (χ0v) is 10.7. The second-order valence-electron chi connectivity index (χ2n) is 4.47. The quantitative estimate of drug-likeness (QED) is 0.770. The van der Waals surface area contributed by atoms with E-state index < -0.39 is 11.9 Å². The van der Waals surface area contributed by atoms with Gasteiger partial charge in [-0.2, -0.15) is 0 Å². The molecule has 0 heterocycles. The monoisotopic (exact) mass is 235 g/mol. The molecule has 0 saturated carbocycles. The highest BCUT2D eigenvalue weighted by atomic mass is 16.4. The van der Waals surface area contributed by atoms with Crippen LogP contribution in [0.5, 0.6) is 0 Å². The first-order valence-corrected chi connectivity index (χ1v) is 6.10. The molecule has 0 bridgehead atoms. The lowest BCUT2D eigenvalue weighted by atomic mass is 9.81. The van der Waals surface area contributed by atoms with Crippen LogP contribution in [0.3, 0.4) is 0 Å². The van der Waals surface area contributed by atoms with Crippen molar-refractivity contribution in [1.82, 2.24) is 0 Å². The summed E-state index contributed by atoms with van der Waals surface area (Å²) in [5.41, 5.74) is 8.32. The minimum absolute atomic E-state index is 0.136. The number of anilines is 1. The molecular formula is C14H21NO2. The molecule has 0 fully saturated rings. The van der Waals surface area contributed by atoms with Crippen molar-refractivity contribution in [2.45, 2.75) is 39.5 Å². The van der Waals surface area contributed by atoms with Gasteiger partial charge in [0.05, 0.1) is 5.92 Å². The van der Waals surface area contributed by atoms with Crippen molar-refractivity contribution in [2.24, 2.45) is 5.92 Å². The summed E-state index contributed by atoms with van der Waals surface area (Å²) in [5.74, 6) is -1.14. The highest BCUT2D eigenvalue weighted by Crippen LogP contribution is 2.34. The van der Waals surface area contributed by atoms with Crippen LogP contribution in [0, 0.1) is 12.8 Å². The van der Waals surface area contributed by atoms with Crippen LogP contribution in [-0.4, -0.2) is 11.1 Å². The second kappa shape index (κ2) is 5.71. The first-order chi connectivity index (χ1) is 8.02. The van der Waals surface area contributed by atoms with E-state index >= 15 is 0 Å². The molecule has 0 amide bonds. The van der Waals surface area contributed by atoms with Crippen LogP contribution >= 0.6 is 0 Å². The van der Waals surface area contributed by atoms with Crippen molar-refractivity contribution in [2.75, 3.05) is 5.73 Å². The molecule has 0 aliphatic rings. The Morgan fingerprint density at radius 3 is 2.41 bits per heavy atom. The van der Waals surface area contributed by atoms with E-state index in [0.29, 0.717) is 5.69 Å². The van der Waals surface area contributed by atoms with Gasteiger partial charge in [-0.15, -0.1) is 0 Å². The minimum Gasteiger partial charge on any atom is -0.481 e. The summed E-state index contributed by atoms with van der Waals surface area (Å²) in [7, 11) is 0. The van der Waals surface area contributed by atoms with Crippen molar-refractivity contribution in [1.29, 1.82) is 0 Å². The highest BCUT2D eigenvalue weighted by Gasteiger charge is 2.29. The number of benzene rings is 1. The number of hydrogen-bond acceptors (Lipinski definition) is 2.